The number of aliphatic hydroxyl groups excluding tert-OH is 1. The van der Waals surface area contributed by atoms with Crippen molar-refractivity contribution in [3.8, 4) is 0 Å². The minimum absolute atomic E-state index is 0.105. The monoisotopic (exact) mass is 297 g/mol. The third-order valence-electron chi connectivity index (χ3n) is 3.12. The van der Waals surface area contributed by atoms with Crippen LogP contribution in [-0.4, -0.2) is 41.4 Å². The molecule has 2 rings (SSSR count). The van der Waals surface area contributed by atoms with E-state index in [4.69, 9.17) is 4.74 Å². The molecule has 0 spiro atoms. The van der Waals surface area contributed by atoms with Crippen LogP contribution in [0.15, 0.2) is 4.79 Å². The number of nitrogens with zero attached hydrogens (tertiary/aromatic N) is 1. The molecule has 1 unspecified atom stereocenters. The summed E-state index contributed by atoms with van der Waals surface area (Å²) < 4.78 is 4.84. The largest absolute Gasteiger partial charge is 0.389 e. The van der Waals surface area contributed by atoms with Crippen molar-refractivity contribution in [2.75, 3.05) is 20.3 Å². The number of aryl methyl sites for hydroxylation is 2. The van der Waals surface area contributed by atoms with E-state index < -0.39 is 6.10 Å². The summed E-state index contributed by atoms with van der Waals surface area (Å²) in [5.74, 6) is 0.577. The van der Waals surface area contributed by atoms with E-state index in [0.29, 0.717) is 24.3 Å². The van der Waals surface area contributed by atoms with Gasteiger partial charge < -0.3 is 20.1 Å². The van der Waals surface area contributed by atoms with Crippen molar-refractivity contribution in [3.63, 3.8) is 0 Å². The summed E-state index contributed by atoms with van der Waals surface area (Å²) in [6, 6.07) is 0. The van der Waals surface area contributed by atoms with Crippen LogP contribution in [0.2, 0.25) is 0 Å². The fourth-order valence-electron chi connectivity index (χ4n) is 1.99. The van der Waals surface area contributed by atoms with Crippen LogP contribution in [0.1, 0.15) is 16.3 Å². The van der Waals surface area contributed by atoms with Crippen LogP contribution in [0.3, 0.4) is 0 Å². The highest BCUT2D eigenvalue weighted by Gasteiger charge is 2.11. The van der Waals surface area contributed by atoms with E-state index >= 15 is 0 Å². The first kappa shape index (κ1) is 15.1. The van der Waals surface area contributed by atoms with E-state index in [0.717, 1.165) is 15.3 Å². The van der Waals surface area contributed by atoms with Gasteiger partial charge in [0.1, 0.15) is 10.7 Å². The Kier molecular flexibility index (Phi) is 4.87. The van der Waals surface area contributed by atoms with Crippen LogP contribution in [0.25, 0.3) is 10.2 Å². The lowest BCUT2D eigenvalue weighted by Gasteiger charge is -2.10. The van der Waals surface area contributed by atoms with Gasteiger partial charge in [0.05, 0.1) is 24.6 Å². The van der Waals surface area contributed by atoms with Crippen LogP contribution in [0.4, 0.5) is 0 Å². The van der Waals surface area contributed by atoms with Gasteiger partial charge in [0, 0.05) is 18.5 Å². The molecule has 7 heteroatoms. The van der Waals surface area contributed by atoms with Gasteiger partial charge in [-0.3, -0.25) is 4.79 Å². The lowest BCUT2D eigenvalue weighted by Crippen LogP contribution is -2.30. The topological polar surface area (TPSA) is 87.2 Å². The normalized spacial score (nSPS) is 13.0. The summed E-state index contributed by atoms with van der Waals surface area (Å²) in [4.78, 5) is 21.1. The maximum atomic E-state index is 12.0. The molecule has 0 radical (unpaired) electrons. The second-order valence-corrected chi connectivity index (χ2v) is 5.92. The van der Waals surface area contributed by atoms with Crippen molar-refractivity contribution in [2.45, 2.75) is 26.5 Å². The molecule has 3 N–H and O–H groups in total. The zero-order valence-electron chi connectivity index (χ0n) is 11.8. The van der Waals surface area contributed by atoms with Crippen molar-refractivity contribution in [1.82, 2.24) is 15.3 Å². The highest BCUT2D eigenvalue weighted by Crippen LogP contribution is 2.25. The number of methoxy groups -OCH3 is 1. The molecule has 0 aliphatic rings. The molecule has 1 atom stereocenters. The predicted octanol–water partition coefficient (Wildman–Crippen LogP) is 0.698. The average Bonchev–Trinajstić information content (AvgIpc) is 2.65. The second-order valence-electron chi connectivity index (χ2n) is 4.72. The van der Waals surface area contributed by atoms with E-state index in [1.165, 1.54) is 18.4 Å². The molecule has 0 saturated heterocycles. The van der Waals surface area contributed by atoms with Gasteiger partial charge >= 0.3 is 0 Å². The van der Waals surface area contributed by atoms with Crippen molar-refractivity contribution in [3.05, 3.63) is 26.6 Å². The van der Waals surface area contributed by atoms with Crippen molar-refractivity contribution >= 4 is 21.6 Å². The Bertz CT molecular complexity index is 650. The van der Waals surface area contributed by atoms with Gasteiger partial charge in [0.25, 0.3) is 5.56 Å². The molecule has 0 aromatic carbocycles. The van der Waals surface area contributed by atoms with Crippen LogP contribution in [-0.2, 0) is 11.3 Å². The Hall–Kier alpha value is -1.28. The number of nitrogens with one attached hydrogen (secondary N) is 2. The van der Waals surface area contributed by atoms with Crippen molar-refractivity contribution < 1.29 is 9.84 Å². The number of aromatic amines is 1. The summed E-state index contributed by atoms with van der Waals surface area (Å²) >= 11 is 1.53. The molecular formula is C13H19N3O3S. The summed E-state index contributed by atoms with van der Waals surface area (Å²) in [5.41, 5.74) is 0.889. The molecule has 0 aliphatic heterocycles. The lowest BCUT2D eigenvalue weighted by atomic mass is 10.2. The molecule has 110 valence electrons. The number of H-pyrrole nitrogens is 1. The fourth-order valence-corrected chi connectivity index (χ4v) is 3.04. The Morgan fingerprint density at radius 3 is 2.95 bits per heavy atom. The highest BCUT2D eigenvalue weighted by molar-refractivity contribution is 7.18. The zero-order valence-corrected chi connectivity index (χ0v) is 12.6. The maximum Gasteiger partial charge on any atom is 0.259 e. The van der Waals surface area contributed by atoms with Crippen molar-refractivity contribution in [1.29, 1.82) is 0 Å². The number of ether oxygens (including phenoxy) is 1. The van der Waals surface area contributed by atoms with Crippen LogP contribution in [0, 0.1) is 13.8 Å². The van der Waals surface area contributed by atoms with Gasteiger partial charge in [-0.1, -0.05) is 0 Å². The molecule has 6 nitrogen and oxygen atoms in total. The zero-order chi connectivity index (χ0) is 14.7. The second kappa shape index (κ2) is 6.45. The number of rotatable bonds is 6. The Morgan fingerprint density at radius 2 is 2.25 bits per heavy atom. The van der Waals surface area contributed by atoms with Gasteiger partial charge in [-0.05, 0) is 19.4 Å². The van der Waals surface area contributed by atoms with Crippen LogP contribution < -0.4 is 10.9 Å². The van der Waals surface area contributed by atoms with E-state index in [1.54, 1.807) is 0 Å². The van der Waals surface area contributed by atoms with Gasteiger partial charge in [0.15, 0.2) is 0 Å². The number of fused-ring (bicyclic) bond motifs is 1. The van der Waals surface area contributed by atoms with E-state index in [-0.39, 0.29) is 12.2 Å². The predicted molar refractivity (Wildman–Crippen MR) is 79.3 cm³/mol. The molecule has 0 bridgehead atoms. The molecule has 20 heavy (non-hydrogen) atoms. The van der Waals surface area contributed by atoms with Crippen molar-refractivity contribution in [2.24, 2.45) is 0 Å². The molecule has 0 aliphatic carbocycles. The average molecular weight is 297 g/mol. The molecule has 0 saturated carbocycles. The Balaban J connectivity index is 2.10. The molecule has 0 fully saturated rings. The molecule has 2 heterocycles. The summed E-state index contributed by atoms with van der Waals surface area (Å²) in [6.45, 7) is 4.99. The van der Waals surface area contributed by atoms with E-state index in [2.05, 4.69) is 15.3 Å². The van der Waals surface area contributed by atoms with Gasteiger partial charge in [0.2, 0.25) is 0 Å². The third-order valence-corrected chi connectivity index (χ3v) is 4.22. The summed E-state index contributed by atoms with van der Waals surface area (Å²) in [7, 11) is 1.54. The SMILES string of the molecule is COCC(O)CNCc1nc2sc(C)c(C)c2c(=O)[nH]1. The summed E-state index contributed by atoms with van der Waals surface area (Å²) in [5, 5.41) is 13.2. The van der Waals surface area contributed by atoms with Crippen LogP contribution in [0.5, 0.6) is 0 Å². The lowest BCUT2D eigenvalue weighted by molar-refractivity contribution is 0.0643. The Labute approximate surface area is 120 Å². The quantitative estimate of drug-likeness (QED) is 0.730. The minimum Gasteiger partial charge on any atom is -0.389 e. The molecule has 2 aromatic rings. The smallest absolute Gasteiger partial charge is 0.259 e. The number of thiophene rings is 1. The number of hydrogen-bond donors (Lipinski definition) is 3. The first-order chi connectivity index (χ1) is 9.52. The van der Waals surface area contributed by atoms with Gasteiger partial charge in [-0.2, -0.15) is 0 Å². The van der Waals surface area contributed by atoms with Crippen LogP contribution >= 0.6 is 11.3 Å². The molecule has 0 amide bonds. The standard InChI is InChI=1S/C13H19N3O3S/c1-7-8(2)20-13-11(7)12(18)15-10(16-13)5-14-4-9(17)6-19-3/h9,14,17H,4-6H2,1-3H3,(H,15,16,18). The number of aliphatic hydroxyl groups is 1. The first-order valence-electron chi connectivity index (χ1n) is 6.39. The van der Waals surface area contributed by atoms with E-state index in [1.807, 2.05) is 13.8 Å². The van der Waals surface area contributed by atoms with Gasteiger partial charge in [-0.15, -0.1) is 11.3 Å². The fraction of sp³-hybridized carbons (Fsp3) is 0.538. The summed E-state index contributed by atoms with van der Waals surface area (Å²) in [6.07, 6.45) is -0.568. The number of hydrogen-bond acceptors (Lipinski definition) is 6. The maximum absolute atomic E-state index is 12.0. The van der Waals surface area contributed by atoms with E-state index in [9.17, 15) is 9.90 Å². The Morgan fingerprint density at radius 1 is 1.50 bits per heavy atom. The first-order valence-corrected chi connectivity index (χ1v) is 7.21. The molecule has 2 aromatic heterocycles. The van der Waals surface area contributed by atoms with Gasteiger partial charge in [-0.25, -0.2) is 4.98 Å². The molecular weight excluding hydrogens is 278 g/mol. The number of aromatic nitrogens is 2. The minimum atomic E-state index is -0.568. The highest BCUT2D eigenvalue weighted by atomic mass is 32.1. The third kappa shape index (κ3) is 3.24.